The Balaban J connectivity index is 2.18. The molecule has 0 atom stereocenters. The molecule has 1 aliphatic heterocycles. The van der Waals surface area contributed by atoms with Crippen LogP contribution in [0.25, 0.3) is 0 Å². The lowest BCUT2D eigenvalue weighted by Gasteiger charge is -2.24. The maximum absolute atomic E-state index is 8.72. The van der Waals surface area contributed by atoms with Crippen LogP contribution in [0.5, 0.6) is 11.5 Å². The van der Waals surface area contributed by atoms with Crippen molar-refractivity contribution >= 4 is 5.84 Å². The van der Waals surface area contributed by atoms with Gasteiger partial charge in [0.15, 0.2) is 17.3 Å². The van der Waals surface area contributed by atoms with E-state index in [0.29, 0.717) is 23.7 Å². The van der Waals surface area contributed by atoms with Crippen molar-refractivity contribution < 1.29 is 19.4 Å². The van der Waals surface area contributed by atoms with Gasteiger partial charge in [-0.3, -0.25) is 0 Å². The highest BCUT2D eigenvalue weighted by Gasteiger charge is 2.18. The van der Waals surface area contributed by atoms with E-state index in [4.69, 9.17) is 25.2 Å². The van der Waals surface area contributed by atoms with E-state index < -0.39 is 0 Å². The standard InChI is InChI=1S/C14H20N2O4/c1-2-19-13-9-10(14(15)16-17)3-4-12(13)20-11-5-7-18-8-6-11/h3-4,9,11,17H,2,5-8H2,1H3,(H2,15,16). The zero-order valence-electron chi connectivity index (χ0n) is 11.5. The van der Waals surface area contributed by atoms with Crippen LogP contribution in [0.1, 0.15) is 25.3 Å². The summed E-state index contributed by atoms with van der Waals surface area (Å²) in [5, 5.41) is 11.7. The lowest BCUT2D eigenvalue weighted by atomic mass is 10.1. The van der Waals surface area contributed by atoms with Crippen molar-refractivity contribution in [3.63, 3.8) is 0 Å². The molecule has 3 N–H and O–H groups in total. The molecule has 1 saturated heterocycles. The Hall–Kier alpha value is -1.95. The average Bonchev–Trinajstić information content (AvgIpc) is 2.49. The van der Waals surface area contributed by atoms with Gasteiger partial charge in [0.25, 0.3) is 0 Å². The number of amidine groups is 1. The third kappa shape index (κ3) is 3.54. The molecule has 0 saturated carbocycles. The van der Waals surface area contributed by atoms with E-state index in [2.05, 4.69) is 5.16 Å². The molecule has 1 fully saturated rings. The van der Waals surface area contributed by atoms with Gasteiger partial charge in [-0.15, -0.1) is 0 Å². The van der Waals surface area contributed by atoms with Crippen LogP contribution in [0.15, 0.2) is 23.4 Å². The fourth-order valence-electron chi connectivity index (χ4n) is 2.06. The third-order valence-electron chi connectivity index (χ3n) is 3.11. The van der Waals surface area contributed by atoms with Crippen LogP contribution in [-0.4, -0.2) is 37.0 Å². The van der Waals surface area contributed by atoms with Crippen LogP contribution in [0.4, 0.5) is 0 Å². The SMILES string of the molecule is CCOc1cc(C(N)=NO)ccc1OC1CCOCC1. The molecule has 110 valence electrons. The molecule has 1 aliphatic rings. The molecular formula is C14H20N2O4. The van der Waals surface area contributed by atoms with Gasteiger partial charge in [-0.25, -0.2) is 0 Å². The van der Waals surface area contributed by atoms with Gasteiger partial charge in [0.05, 0.1) is 19.8 Å². The van der Waals surface area contributed by atoms with Gasteiger partial charge in [0.2, 0.25) is 0 Å². The zero-order chi connectivity index (χ0) is 14.4. The lowest BCUT2D eigenvalue weighted by Crippen LogP contribution is -2.26. The minimum Gasteiger partial charge on any atom is -0.490 e. The first-order chi connectivity index (χ1) is 9.74. The molecule has 0 unspecified atom stereocenters. The largest absolute Gasteiger partial charge is 0.490 e. The highest BCUT2D eigenvalue weighted by Crippen LogP contribution is 2.30. The highest BCUT2D eigenvalue weighted by atomic mass is 16.5. The summed E-state index contributed by atoms with van der Waals surface area (Å²) in [6.07, 6.45) is 1.87. The van der Waals surface area contributed by atoms with E-state index in [-0.39, 0.29) is 11.9 Å². The van der Waals surface area contributed by atoms with Crippen LogP contribution in [0.3, 0.4) is 0 Å². The minimum atomic E-state index is 0.0450. The van der Waals surface area contributed by atoms with Gasteiger partial charge in [-0.05, 0) is 25.1 Å². The van der Waals surface area contributed by atoms with E-state index >= 15 is 0 Å². The molecule has 1 heterocycles. The van der Waals surface area contributed by atoms with E-state index in [1.165, 1.54) is 0 Å². The summed E-state index contributed by atoms with van der Waals surface area (Å²) in [5.41, 5.74) is 6.17. The average molecular weight is 280 g/mol. The van der Waals surface area contributed by atoms with E-state index in [0.717, 1.165) is 26.1 Å². The first kappa shape index (κ1) is 14.5. The zero-order valence-corrected chi connectivity index (χ0v) is 11.5. The first-order valence-corrected chi connectivity index (χ1v) is 6.73. The summed E-state index contributed by atoms with van der Waals surface area (Å²) in [5.74, 6) is 1.32. The molecule has 6 heteroatoms. The number of hydrogen-bond donors (Lipinski definition) is 2. The van der Waals surface area contributed by atoms with Gasteiger partial charge in [0.1, 0.15) is 6.10 Å². The smallest absolute Gasteiger partial charge is 0.170 e. The quantitative estimate of drug-likeness (QED) is 0.371. The summed E-state index contributed by atoms with van der Waals surface area (Å²) in [4.78, 5) is 0. The Labute approximate surface area is 118 Å². The van der Waals surface area contributed by atoms with Crippen molar-refractivity contribution in [3.05, 3.63) is 23.8 Å². The maximum atomic E-state index is 8.72. The predicted octanol–water partition coefficient (Wildman–Crippen LogP) is 1.74. The summed E-state index contributed by atoms with van der Waals surface area (Å²) in [7, 11) is 0. The molecule has 0 spiro atoms. The van der Waals surface area contributed by atoms with Crippen molar-refractivity contribution in [1.29, 1.82) is 0 Å². The van der Waals surface area contributed by atoms with Gasteiger partial charge < -0.3 is 25.2 Å². The van der Waals surface area contributed by atoms with Crippen LogP contribution in [0, 0.1) is 0 Å². The fraction of sp³-hybridized carbons (Fsp3) is 0.500. The van der Waals surface area contributed by atoms with Gasteiger partial charge in [0, 0.05) is 18.4 Å². The molecule has 1 aromatic carbocycles. The molecule has 2 rings (SSSR count). The second kappa shape index (κ2) is 7.00. The van der Waals surface area contributed by atoms with Gasteiger partial charge in [-0.1, -0.05) is 5.16 Å². The van der Waals surface area contributed by atoms with Crippen LogP contribution in [0.2, 0.25) is 0 Å². The Morgan fingerprint density at radius 2 is 2.15 bits per heavy atom. The minimum absolute atomic E-state index is 0.0450. The Morgan fingerprint density at radius 3 is 2.80 bits per heavy atom. The Kier molecular flexibility index (Phi) is 5.06. The summed E-state index contributed by atoms with van der Waals surface area (Å²) < 4.78 is 16.8. The van der Waals surface area contributed by atoms with Crippen molar-refractivity contribution in [2.75, 3.05) is 19.8 Å². The molecule has 20 heavy (non-hydrogen) atoms. The molecule has 0 aromatic heterocycles. The monoisotopic (exact) mass is 280 g/mol. The number of hydrogen-bond acceptors (Lipinski definition) is 5. The molecule has 6 nitrogen and oxygen atoms in total. The predicted molar refractivity (Wildman–Crippen MR) is 74.6 cm³/mol. The maximum Gasteiger partial charge on any atom is 0.170 e. The van der Waals surface area contributed by atoms with Crippen LogP contribution >= 0.6 is 0 Å². The van der Waals surface area contributed by atoms with Gasteiger partial charge in [-0.2, -0.15) is 0 Å². The van der Waals surface area contributed by atoms with Gasteiger partial charge >= 0.3 is 0 Å². The molecular weight excluding hydrogens is 260 g/mol. The molecule has 0 radical (unpaired) electrons. The van der Waals surface area contributed by atoms with Crippen LogP contribution < -0.4 is 15.2 Å². The summed E-state index contributed by atoms with van der Waals surface area (Å²) in [6.45, 7) is 3.85. The second-order valence-electron chi connectivity index (χ2n) is 4.51. The molecule has 0 amide bonds. The number of oxime groups is 1. The normalized spacial score (nSPS) is 16.9. The number of rotatable bonds is 5. The number of benzene rings is 1. The Bertz CT molecular complexity index is 470. The number of nitrogens with zero attached hydrogens (tertiary/aromatic N) is 1. The van der Waals surface area contributed by atoms with Crippen molar-refractivity contribution in [2.45, 2.75) is 25.9 Å². The van der Waals surface area contributed by atoms with Crippen molar-refractivity contribution in [1.82, 2.24) is 0 Å². The van der Waals surface area contributed by atoms with E-state index in [1.54, 1.807) is 18.2 Å². The number of nitrogens with two attached hydrogens (primary N) is 1. The third-order valence-corrected chi connectivity index (χ3v) is 3.11. The second-order valence-corrected chi connectivity index (χ2v) is 4.51. The number of ether oxygens (including phenoxy) is 3. The molecule has 0 bridgehead atoms. The highest BCUT2D eigenvalue weighted by molar-refractivity contribution is 5.97. The van der Waals surface area contributed by atoms with E-state index in [1.807, 2.05) is 6.92 Å². The van der Waals surface area contributed by atoms with Crippen LogP contribution in [-0.2, 0) is 4.74 Å². The van der Waals surface area contributed by atoms with Crippen molar-refractivity contribution in [2.24, 2.45) is 10.9 Å². The first-order valence-electron chi connectivity index (χ1n) is 6.73. The molecule has 0 aliphatic carbocycles. The topological polar surface area (TPSA) is 86.3 Å². The summed E-state index contributed by atoms with van der Waals surface area (Å²) in [6, 6.07) is 5.24. The summed E-state index contributed by atoms with van der Waals surface area (Å²) >= 11 is 0. The molecule has 1 aromatic rings. The lowest BCUT2D eigenvalue weighted by molar-refractivity contribution is 0.0243. The Morgan fingerprint density at radius 1 is 1.40 bits per heavy atom. The van der Waals surface area contributed by atoms with E-state index in [9.17, 15) is 0 Å². The fourth-order valence-corrected chi connectivity index (χ4v) is 2.06. The van der Waals surface area contributed by atoms with Crippen molar-refractivity contribution in [3.8, 4) is 11.5 Å².